The number of morpholine rings is 1. The minimum atomic E-state index is -4.05. The highest BCUT2D eigenvalue weighted by Gasteiger charge is 2.31. The lowest BCUT2D eigenvalue weighted by Crippen LogP contribution is -2.40. The van der Waals surface area contributed by atoms with E-state index in [0.29, 0.717) is 24.5 Å². The highest BCUT2D eigenvalue weighted by Crippen LogP contribution is 2.32. The van der Waals surface area contributed by atoms with Crippen LogP contribution in [0.25, 0.3) is 0 Å². The van der Waals surface area contributed by atoms with E-state index in [4.69, 9.17) is 4.74 Å². The van der Waals surface area contributed by atoms with Crippen molar-refractivity contribution in [2.75, 3.05) is 31.6 Å². The second-order valence-electron chi connectivity index (χ2n) is 6.58. The van der Waals surface area contributed by atoms with Gasteiger partial charge in [0.05, 0.1) is 23.8 Å². The quantitative estimate of drug-likeness (QED) is 0.807. The minimum absolute atomic E-state index is 0.0762. The second-order valence-corrected chi connectivity index (χ2v) is 10.1. The van der Waals surface area contributed by atoms with Crippen LogP contribution in [-0.4, -0.2) is 53.3 Å². The summed E-state index contributed by atoms with van der Waals surface area (Å²) in [6.45, 7) is 3.00. The first-order chi connectivity index (χ1) is 13.3. The zero-order valence-corrected chi connectivity index (χ0v) is 16.8. The number of nitrogens with one attached hydrogen (secondary N) is 1. The van der Waals surface area contributed by atoms with E-state index in [2.05, 4.69) is 9.71 Å². The van der Waals surface area contributed by atoms with Crippen LogP contribution in [0, 0.1) is 6.92 Å². The van der Waals surface area contributed by atoms with Gasteiger partial charge in [-0.15, -0.1) is 4.40 Å². The zero-order valence-electron chi connectivity index (χ0n) is 15.1. The number of rotatable bonds is 3. The lowest BCUT2D eigenvalue weighted by atomic mass is 10.1. The normalized spacial score (nSPS) is 19.4. The Morgan fingerprint density at radius 3 is 2.57 bits per heavy atom. The molecule has 2 aliphatic heterocycles. The van der Waals surface area contributed by atoms with Crippen LogP contribution in [0.15, 0.2) is 56.7 Å². The number of sulfonamides is 2. The van der Waals surface area contributed by atoms with Crippen molar-refractivity contribution in [1.82, 2.24) is 4.31 Å². The zero-order chi connectivity index (χ0) is 19.9. The molecule has 8 nitrogen and oxygen atoms in total. The molecule has 2 aromatic carbocycles. The summed E-state index contributed by atoms with van der Waals surface area (Å²) in [5.74, 6) is 0.208. The number of aryl methyl sites for hydroxylation is 1. The number of amidine groups is 1. The van der Waals surface area contributed by atoms with Crippen molar-refractivity contribution in [2.24, 2.45) is 4.40 Å². The molecule has 0 aliphatic carbocycles. The molecule has 2 aliphatic rings. The number of benzene rings is 2. The average molecular weight is 422 g/mol. The van der Waals surface area contributed by atoms with Gasteiger partial charge in [-0.3, -0.25) is 0 Å². The van der Waals surface area contributed by atoms with Crippen LogP contribution in [0.4, 0.5) is 5.69 Å². The Balaban J connectivity index is 1.74. The number of fused-ring (bicyclic) bond motifs is 1. The molecular weight excluding hydrogens is 402 g/mol. The molecule has 1 fully saturated rings. The van der Waals surface area contributed by atoms with Crippen molar-refractivity contribution < 1.29 is 21.6 Å². The molecule has 10 heteroatoms. The maximum Gasteiger partial charge on any atom is 0.286 e. The fourth-order valence-electron chi connectivity index (χ4n) is 3.15. The monoisotopic (exact) mass is 421 g/mol. The highest BCUT2D eigenvalue weighted by molar-refractivity contribution is 7.91. The molecule has 4 rings (SSSR count). The van der Waals surface area contributed by atoms with Gasteiger partial charge in [-0.25, -0.2) is 8.42 Å². The van der Waals surface area contributed by atoms with Crippen LogP contribution in [0.5, 0.6) is 0 Å². The van der Waals surface area contributed by atoms with E-state index in [1.807, 2.05) is 25.1 Å². The standard InChI is InChI=1S/C18H19N3O5S2/c1-13-3-2-4-14(11-13)18-19-16-6-5-15(12-17(16)27(22,23)20-18)28(24,25)21-7-9-26-10-8-21/h2-6,11-12H,7-10H2,1H3,(H,19,20). The van der Waals surface area contributed by atoms with Crippen molar-refractivity contribution in [2.45, 2.75) is 16.7 Å². The molecular formula is C18H19N3O5S2. The molecule has 2 heterocycles. The van der Waals surface area contributed by atoms with Crippen molar-refractivity contribution >= 4 is 31.6 Å². The smallest absolute Gasteiger partial charge is 0.286 e. The van der Waals surface area contributed by atoms with Crippen LogP contribution in [-0.2, 0) is 24.8 Å². The van der Waals surface area contributed by atoms with Crippen LogP contribution in [0.2, 0.25) is 0 Å². The van der Waals surface area contributed by atoms with Gasteiger partial charge in [0.1, 0.15) is 4.90 Å². The van der Waals surface area contributed by atoms with Gasteiger partial charge in [-0.05, 0) is 31.2 Å². The summed E-state index contributed by atoms with van der Waals surface area (Å²) in [6.07, 6.45) is 0. The summed E-state index contributed by atoms with van der Waals surface area (Å²) in [7, 11) is -7.85. The SMILES string of the molecule is Cc1cccc(C2=NS(=O)(=O)c3cc(S(=O)(=O)N4CCOCC4)ccc3N2)c1. The average Bonchev–Trinajstić information content (AvgIpc) is 2.68. The third-order valence-corrected chi connectivity index (χ3v) is 7.81. The van der Waals surface area contributed by atoms with E-state index in [-0.39, 0.29) is 28.7 Å². The highest BCUT2D eigenvalue weighted by atomic mass is 32.2. The number of ether oxygens (including phenoxy) is 1. The Bertz CT molecular complexity index is 1170. The first-order valence-corrected chi connectivity index (χ1v) is 11.6. The molecule has 1 saturated heterocycles. The Morgan fingerprint density at radius 1 is 1.11 bits per heavy atom. The van der Waals surface area contributed by atoms with E-state index in [9.17, 15) is 16.8 Å². The molecule has 0 amide bonds. The van der Waals surface area contributed by atoms with E-state index < -0.39 is 20.0 Å². The summed E-state index contributed by atoms with van der Waals surface area (Å²) in [6, 6.07) is 11.3. The molecule has 148 valence electrons. The van der Waals surface area contributed by atoms with E-state index >= 15 is 0 Å². The largest absolute Gasteiger partial charge is 0.379 e. The lowest BCUT2D eigenvalue weighted by molar-refractivity contribution is 0.0730. The summed E-state index contributed by atoms with van der Waals surface area (Å²) < 4.78 is 61.5. The molecule has 0 bridgehead atoms. The minimum Gasteiger partial charge on any atom is -0.379 e. The number of hydrogen-bond acceptors (Lipinski definition) is 6. The predicted octanol–water partition coefficient (Wildman–Crippen LogP) is 1.58. The molecule has 28 heavy (non-hydrogen) atoms. The van der Waals surface area contributed by atoms with Crippen molar-refractivity contribution in [3.05, 3.63) is 53.6 Å². The van der Waals surface area contributed by atoms with Crippen LogP contribution in [0.3, 0.4) is 0 Å². The maximum absolute atomic E-state index is 12.8. The van der Waals surface area contributed by atoms with Gasteiger partial charge in [0.2, 0.25) is 10.0 Å². The number of nitrogens with zero attached hydrogens (tertiary/aromatic N) is 2. The lowest BCUT2D eigenvalue weighted by Gasteiger charge is -2.26. The second kappa shape index (κ2) is 6.96. The Kier molecular flexibility index (Phi) is 4.74. The molecule has 1 N–H and O–H groups in total. The number of anilines is 1. The van der Waals surface area contributed by atoms with Crippen LogP contribution >= 0.6 is 0 Å². The number of hydrogen-bond donors (Lipinski definition) is 1. The fourth-order valence-corrected chi connectivity index (χ4v) is 5.82. The first-order valence-electron chi connectivity index (χ1n) is 8.68. The summed E-state index contributed by atoms with van der Waals surface area (Å²) in [4.78, 5) is -0.231. The molecule has 0 spiro atoms. The molecule has 0 saturated carbocycles. The first kappa shape index (κ1) is 19.1. The van der Waals surface area contributed by atoms with Gasteiger partial charge in [0, 0.05) is 18.7 Å². The van der Waals surface area contributed by atoms with E-state index in [0.717, 1.165) is 5.56 Å². The molecule has 0 radical (unpaired) electrons. The van der Waals surface area contributed by atoms with Gasteiger partial charge in [0.15, 0.2) is 5.84 Å². The van der Waals surface area contributed by atoms with Crippen molar-refractivity contribution in [3.63, 3.8) is 0 Å². The fraction of sp³-hybridized carbons (Fsp3) is 0.278. The molecule has 0 aromatic heterocycles. The summed E-state index contributed by atoms with van der Waals surface area (Å²) in [5, 5.41) is 3.00. The van der Waals surface area contributed by atoms with Gasteiger partial charge >= 0.3 is 0 Å². The summed E-state index contributed by atoms with van der Waals surface area (Å²) >= 11 is 0. The van der Waals surface area contributed by atoms with Crippen molar-refractivity contribution in [1.29, 1.82) is 0 Å². The summed E-state index contributed by atoms with van der Waals surface area (Å²) in [5.41, 5.74) is 1.91. The molecule has 0 unspecified atom stereocenters. The van der Waals surface area contributed by atoms with Gasteiger partial charge < -0.3 is 10.1 Å². The third kappa shape index (κ3) is 3.44. The van der Waals surface area contributed by atoms with Crippen molar-refractivity contribution in [3.8, 4) is 0 Å². The van der Waals surface area contributed by atoms with E-state index in [1.54, 1.807) is 6.07 Å². The Labute approximate surface area is 164 Å². The van der Waals surface area contributed by atoms with E-state index in [1.165, 1.54) is 22.5 Å². The maximum atomic E-state index is 12.8. The predicted molar refractivity (Wildman–Crippen MR) is 105 cm³/mol. The van der Waals surface area contributed by atoms with Gasteiger partial charge in [0.25, 0.3) is 10.0 Å². The molecule has 2 aromatic rings. The van der Waals surface area contributed by atoms with Gasteiger partial charge in [-0.2, -0.15) is 12.7 Å². The molecule has 0 atom stereocenters. The third-order valence-electron chi connectivity index (χ3n) is 4.59. The Morgan fingerprint density at radius 2 is 1.86 bits per heavy atom. The van der Waals surface area contributed by atoms with Gasteiger partial charge in [-0.1, -0.05) is 23.8 Å². The topological polar surface area (TPSA) is 105 Å². The van der Waals surface area contributed by atoms with Crippen LogP contribution in [0.1, 0.15) is 11.1 Å². The van der Waals surface area contributed by atoms with Crippen LogP contribution < -0.4 is 5.32 Å². The Hall–Kier alpha value is -2.27.